The number of aromatic carboxylic acids is 1. The number of pyridine rings is 1. The fraction of sp³-hybridized carbons (Fsp3) is 0.400. The Hall–Kier alpha value is -4.39. The lowest BCUT2D eigenvalue weighted by atomic mass is 9.90. The lowest BCUT2D eigenvalue weighted by molar-refractivity contribution is 0.0290. The molecule has 0 amide bonds. The molecule has 0 aliphatic carbocycles. The summed E-state index contributed by atoms with van der Waals surface area (Å²) in [5.74, 6) is 2.67. The second-order valence-corrected chi connectivity index (χ2v) is 11.3. The van der Waals surface area contributed by atoms with Gasteiger partial charge in [0, 0.05) is 38.4 Å². The van der Waals surface area contributed by atoms with Gasteiger partial charge in [0.25, 0.3) is 0 Å². The minimum atomic E-state index is -1.13. The Labute approximate surface area is 259 Å². The van der Waals surface area contributed by atoms with Crippen LogP contribution in [0.25, 0.3) is 11.4 Å². The van der Waals surface area contributed by atoms with E-state index in [2.05, 4.69) is 35.0 Å². The highest BCUT2D eigenvalue weighted by Gasteiger charge is 2.27. The van der Waals surface area contributed by atoms with E-state index in [0.717, 1.165) is 56.7 Å². The van der Waals surface area contributed by atoms with Gasteiger partial charge in [-0.1, -0.05) is 24.1 Å². The molecule has 0 saturated carbocycles. The predicted octanol–water partition coefficient (Wildman–Crippen LogP) is 5.74. The van der Waals surface area contributed by atoms with Crippen LogP contribution in [-0.4, -0.2) is 63.1 Å². The average molecular weight is 597 g/mol. The molecule has 2 aliphatic heterocycles. The number of carboxylic acid groups (broad SMARTS) is 1. The van der Waals surface area contributed by atoms with Gasteiger partial charge in [-0.05, 0) is 86.9 Å². The van der Waals surface area contributed by atoms with Crippen LogP contribution in [0.4, 0.5) is 0 Å². The summed E-state index contributed by atoms with van der Waals surface area (Å²) >= 11 is 0. The van der Waals surface area contributed by atoms with Gasteiger partial charge >= 0.3 is 5.97 Å². The molecule has 44 heavy (non-hydrogen) atoms. The highest BCUT2D eigenvalue weighted by Crippen LogP contribution is 2.32. The molecule has 2 aliphatic rings. The lowest BCUT2D eigenvalue weighted by Crippen LogP contribution is -2.42. The number of terminal acetylenes is 1. The summed E-state index contributed by atoms with van der Waals surface area (Å²) in [6.07, 6.45) is 11.9. The maximum absolute atomic E-state index is 11.7. The van der Waals surface area contributed by atoms with E-state index in [9.17, 15) is 9.90 Å². The Morgan fingerprint density at radius 2 is 2.02 bits per heavy atom. The molecular weight excluding hydrogens is 556 g/mol. The summed E-state index contributed by atoms with van der Waals surface area (Å²) in [7, 11) is 0. The van der Waals surface area contributed by atoms with Crippen molar-refractivity contribution < 1.29 is 24.1 Å². The van der Waals surface area contributed by atoms with Crippen molar-refractivity contribution in [2.45, 2.75) is 66.2 Å². The molecule has 1 aromatic carbocycles. The van der Waals surface area contributed by atoms with Gasteiger partial charge in [-0.15, -0.1) is 6.42 Å². The van der Waals surface area contributed by atoms with Crippen LogP contribution in [0, 0.1) is 19.3 Å². The average Bonchev–Trinajstić information content (AvgIpc) is 3.46. The van der Waals surface area contributed by atoms with E-state index in [1.807, 2.05) is 26.0 Å². The third kappa shape index (κ3) is 6.57. The van der Waals surface area contributed by atoms with Crippen molar-refractivity contribution in [1.82, 2.24) is 19.7 Å². The Bertz CT molecular complexity index is 1620. The molecule has 0 radical (unpaired) electrons. The number of ether oxygens (including phenoxy) is 3. The summed E-state index contributed by atoms with van der Waals surface area (Å²) in [6.45, 7) is 12.4. The van der Waals surface area contributed by atoms with Gasteiger partial charge in [-0.25, -0.2) is 9.78 Å². The first kappa shape index (κ1) is 31.0. The number of fused-ring (bicyclic) bond motifs is 1. The van der Waals surface area contributed by atoms with Crippen LogP contribution >= 0.6 is 0 Å². The van der Waals surface area contributed by atoms with Crippen LogP contribution in [0.2, 0.25) is 0 Å². The van der Waals surface area contributed by atoms with Crippen LogP contribution in [0.5, 0.6) is 5.88 Å². The molecule has 9 heteroatoms. The number of allylic oxidation sites excluding steroid dienone is 3. The first-order chi connectivity index (χ1) is 21.3. The van der Waals surface area contributed by atoms with Crippen LogP contribution in [0.15, 0.2) is 53.9 Å². The summed E-state index contributed by atoms with van der Waals surface area (Å²) in [5.41, 5.74) is 7.38. The number of aromatic nitrogens is 3. The third-order valence-electron chi connectivity index (χ3n) is 8.30. The highest BCUT2D eigenvalue weighted by atomic mass is 16.5. The van der Waals surface area contributed by atoms with Gasteiger partial charge < -0.3 is 19.3 Å². The number of hydrogen-bond donors (Lipinski definition) is 1. The fourth-order valence-electron chi connectivity index (χ4n) is 6.02. The molecule has 2 aromatic heterocycles. The summed E-state index contributed by atoms with van der Waals surface area (Å²) < 4.78 is 19.1. The van der Waals surface area contributed by atoms with Gasteiger partial charge in [0.05, 0.1) is 24.1 Å². The topological polar surface area (TPSA) is 98.9 Å². The SMILES string of the molecule is C#C/C=C(\C(OCc1ccc2c(c1C)CCN(C1CCOCC1)C2)=C(C)C)c1cccc(-n2ncc(C(=O)O)c2OCC)n1. The zero-order chi connectivity index (χ0) is 31.2. The van der Waals surface area contributed by atoms with E-state index in [4.69, 9.17) is 25.6 Å². The van der Waals surface area contributed by atoms with Gasteiger partial charge in [0.15, 0.2) is 5.82 Å². The van der Waals surface area contributed by atoms with Crippen LogP contribution < -0.4 is 4.74 Å². The Kier molecular flexibility index (Phi) is 9.83. The van der Waals surface area contributed by atoms with E-state index in [1.165, 1.54) is 27.6 Å². The Morgan fingerprint density at radius 3 is 2.73 bits per heavy atom. The molecule has 0 spiro atoms. The molecule has 4 heterocycles. The minimum Gasteiger partial charge on any atom is -0.488 e. The number of carbonyl (C=O) groups is 1. The summed E-state index contributed by atoms with van der Waals surface area (Å²) in [5, 5.41) is 13.8. The molecule has 0 unspecified atom stereocenters. The van der Waals surface area contributed by atoms with Crippen molar-refractivity contribution in [2.24, 2.45) is 0 Å². The van der Waals surface area contributed by atoms with E-state index >= 15 is 0 Å². The monoisotopic (exact) mass is 596 g/mol. The van der Waals surface area contributed by atoms with Crippen molar-refractivity contribution >= 4 is 11.5 Å². The first-order valence-corrected chi connectivity index (χ1v) is 15.1. The third-order valence-corrected chi connectivity index (χ3v) is 8.30. The number of benzene rings is 1. The van der Waals surface area contributed by atoms with Gasteiger partial charge in [0.1, 0.15) is 17.9 Å². The lowest BCUT2D eigenvalue weighted by Gasteiger charge is -2.38. The number of hydrogen-bond acceptors (Lipinski definition) is 7. The standard InChI is InChI=1S/C35H40N4O5/c1-6-9-29(31-10-8-11-32(37-31)39-34(43-7-2)30(20-36-39)35(40)41)33(23(3)4)44-22-26-13-12-25-21-38(17-14-28(25)24(26)5)27-15-18-42-19-16-27/h1,8-13,20,27H,7,14-19,21-22H2,2-5H3,(H,40,41)/b29-9-. The molecule has 3 aromatic rings. The number of nitrogens with zero attached hydrogens (tertiary/aromatic N) is 4. The van der Waals surface area contributed by atoms with E-state index < -0.39 is 5.97 Å². The molecule has 5 rings (SSSR count). The van der Waals surface area contributed by atoms with Crippen molar-refractivity contribution in [3.8, 4) is 24.0 Å². The molecule has 1 saturated heterocycles. The van der Waals surface area contributed by atoms with Gasteiger partial charge in [0.2, 0.25) is 5.88 Å². The largest absolute Gasteiger partial charge is 0.488 e. The number of carboxylic acids is 1. The second kappa shape index (κ2) is 13.9. The molecule has 1 fully saturated rings. The van der Waals surface area contributed by atoms with Crippen LogP contribution in [0.1, 0.15) is 71.9 Å². The van der Waals surface area contributed by atoms with E-state index in [-0.39, 0.29) is 18.1 Å². The summed E-state index contributed by atoms with van der Waals surface area (Å²) in [4.78, 5) is 19.1. The van der Waals surface area contributed by atoms with E-state index in [0.29, 0.717) is 35.5 Å². The molecule has 0 bridgehead atoms. The minimum absolute atomic E-state index is 0.0384. The Morgan fingerprint density at radius 1 is 1.23 bits per heavy atom. The van der Waals surface area contributed by atoms with Crippen LogP contribution in [0.3, 0.4) is 0 Å². The first-order valence-electron chi connectivity index (χ1n) is 15.1. The normalized spacial score (nSPS) is 15.8. The van der Waals surface area contributed by atoms with Crippen molar-refractivity contribution in [3.63, 3.8) is 0 Å². The van der Waals surface area contributed by atoms with Crippen molar-refractivity contribution in [3.05, 3.63) is 87.4 Å². The highest BCUT2D eigenvalue weighted by molar-refractivity contribution is 5.90. The quantitative estimate of drug-likeness (QED) is 0.180. The molecule has 0 atom stereocenters. The molecule has 1 N–H and O–H groups in total. The van der Waals surface area contributed by atoms with E-state index in [1.54, 1.807) is 19.1 Å². The molecule has 9 nitrogen and oxygen atoms in total. The maximum Gasteiger partial charge on any atom is 0.342 e. The molecular formula is C35H40N4O5. The zero-order valence-corrected chi connectivity index (χ0v) is 25.9. The zero-order valence-electron chi connectivity index (χ0n) is 25.9. The van der Waals surface area contributed by atoms with Crippen molar-refractivity contribution in [2.75, 3.05) is 26.4 Å². The molecule has 230 valence electrons. The summed E-state index contributed by atoms with van der Waals surface area (Å²) in [6, 6.07) is 10.4. The Balaban J connectivity index is 1.38. The fourth-order valence-corrected chi connectivity index (χ4v) is 6.02. The van der Waals surface area contributed by atoms with Crippen molar-refractivity contribution in [1.29, 1.82) is 0 Å². The number of rotatable bonds is 10. The smallest absolute Gasteiger partial charge is 0.342 e. The van der Waals surface area contributed by atoms with Gasteiger partial charge in [-0.3, -0.25) is 4.90 Å². The van der Waals surface area contributed by atoms with Crippen LogP contribution in [-0.2, 0) is 29.0 Å². The predicted molar refractivity (Wildman–Crippen MR) is 169 cm³/mol. The maximum atomic E-state index is 11.7. The second-order valence-electron chi connectivity index (χ2n) is 11.3. The van der Waals surface area contributed by atoms with Gasteiger partial charge in [-0.2, -0.15) is 9.78 Å².